The van der Waals surface area contributed by atoms with Crippen LogP contribution in [0.3, 0.4) is 0 Å². The van der Waals surface area contributed by atoms with Crippen LogP contribution in [0, 0.1) is 5.92 Å². The monoisotopic (exact) mass is 214 g/mol. The summed E-state index contributed by atoms with van der Waals surface area (Å²) in [6.07, 6.45) is 5.66. The average Bonchev–Trinajstić information content (AvgIpc) is 2.19. The molecule has 2 nitrogen and oxygen atoms in total. The minimum Gasteiger partial charge on any atom is -0.465 e. The van der Waals surface area contributed by atoms with E-state index >= 15 is 0 Å². The Hall–Kier alpha value is -0.440. The first-order valence-corrected chi connectivity index (χ1v) is 5.83. The third kappa shape index (κ3) is 3.74. The Balaban J connectivity index is 2.20. The summed E-state index contributed by atoms with van der Waals surface area (Å²) in [7, 11) is 0. The number of thiocarbonyl (C=S) groups is 1. The van der Waals surface area contributed by atoms with Gasteiger partial charge in [0.2, 0.25) is 0 Å². The molecular formula is C11H18O2S. The maximum Gasteiger partial charge on any atom is 0.308 e. The van der Waals surface area contributed by atoms with Crippen molar-refractivity contribution in [2.75, 3.05) is 6.61 Å². The van der Waals surface area contributed by atoms with E-state index in [2.05, 4.69) is 6.92 Å². The number of carbonyl (C=O) groups excluding carboxylic acids is 1. The molecule has 0 radical (unpaired) electrons. The second kappa shape index (κ2) is 6.12. The van der Waals surface area contributed by atoms with Gasteiger partial charge < -0.3 is 4.74 Å². The van der Waals surface area contributed by atoms with Crippen molar-refractivity contribution in [3.05, 3.63) is 0 Å². The topological polar surface area (TPSA) is 26.3 Å². The van der Waals surface area contributed by atoms with Crippen LogP contribution >= 0.6 is 12.2 Å². The van der Waals surface area contributed by atoms with E-state index in [0.717, 1.165) is 43.4 Å². The lowest BCUT2D eigenvalue weighted by molar-refractivity contribution is -0.149. The third-order valence-corrected chi connectivity index (χ3v) is 3.03. The molecule has 0 aromatic rings. The molecule has 0 atom stereocenters. The van der Waals surface area contributed by atoms with Crippen LogP contribution in [0.25, 0.3) is 0 Å². The number of esters is 1. The van der Waals surface area contributed by atoms with E-state index < -0.39 is 0 Å². The van der Waals surface area contributed by atoms with Crippen molar-refractivity contribution in [1.29, 1.82) is 0 Å². The van der Waals surface area contributed by atoms with Crippen LogP contribution in [-0.2, 0) is 9.53 Å². The number of hydrogen-bond acceptors (Lipinski definition) is 3. The van der Waals surface area contributed by atoms with Crippen molar-refractivity contribution in [1.82, 2.24) is 0 Å². The molecule has 0 bridgehead atoms. The van der Waals surface area contributed by atoms with E-state index in [1.54, 1.807) is 0 Å². The maximum atomic E-state index is 11.5. The van der Waals surface area contributed by atoms with Crippen molar-refractivity contribution in [2.24, 2.45) is 5.92 Å². The molecule has 1 saturated carbocycles. The van der Waals surface area contributed by atoms with Gasteiger partial charge in [0.1, 0.15) is 0 Å². The molecule has 1 aliphatic carbocycles. The molecule has 1 aliphatic rings. The molecule has 0 saturated heterocycles. The Labute approximate surface area is 91.0 Å². The Morgan fingerprint density at radius 1 is 1.50 bits per heavy atom. The highest BCUT2D eigenvalue weighted by atomic mass is 32.1. The molecule has 0 amide bonds. The van der Waals surface area contributed by atoms with Crippen LogP contribution in [0.4, 0.5) is 0 Å². The molecule has 0 aliphatic heterocycles. The molecule has 1 fully saturated rings. The molecule has 3 heteroatoms. The molecule has 0 aromatic heterocycles. The Morgan fingerprint density at radius 3 is 2.71 bits per heavy atom. The molecule has 0 heterocycles. The van der Waals surface area contributed by atoms with E-state index in [1.165, 1.54) is 0 Å². The van der Waals surface area contributed by atoms with Gasteiger partial charge in [-0.1, -0.05) is 25.6 Å². The van der Waals surface area contributed by atoms with Gasteiger partial charge in [-0.3, -0.25) is 4.79 Å². The lowest BCUT2D eigenvalue weighted by atomic mass is 9.89. The smallest absolute Gasteiger partial charge is 0.308 e. The van der Waals surface area contributed by atoms with E-state index in [-0.39, 0.29) is 11.9 Å². The van der Waals surface area contributed by atoms with Gasteiger partial charge in [-0.2, -0.15) is 0 Å². The number of carbonyl (C=O) groups is 1. The maximum absolute atomic E-state index is 11.5. The normalized spacial score (nSPS) is 18.2. The Morgan fingerprint density at radius 2 is 2.14 bits per heavy atom. The Bertz CT molecular complexity index is 203. The number of ether oxygens (including phenoxy) is 1. The van der Waals surface area contributed by atoms with Crippen molar-refractivity contribution >= 4 is 23.1 Å². The zero-order valence-electron chi connectivity index (χ0n) is 8.75. The first-order valence-electron chi connectivity index (χ1n) is 5.42. The van der Waals surface area contributed by atoms with Crippen molar-refractivity contribution < 1.29 is 9.53 Å². The van der Waals surface area contributed by atoms with E-state index in [9.17, 15) is 4.79 Å². The average molecular weight is 214 g/mol. The number of hydrogen-bond donors (Lipinski definition) is 0. The van der Waals surface area contributed by atoms with Crippen molar-refractivity contribution in [2.45, 2.75) is 45.4 Å². The highest BCUT2D eigenvalue weighted by Crippen LogP contribution is 2.23. The van der Waals surface area contributed by atoms with Crippen LogP contribution in [-0.4, -0.2) is 17.4 Å². The summed E-state index contributed by atoms with van der Waals surface area (Å²) in [5, 5.41) is 0. The lowest BCUT2D eigenvalue weighted by Crippen LogP contribution is -2.23. The SMILES string of the molecule is CCCCOC(=O)C1CCC(=S)CC1. The molecule has 0 aromatic carbocycles. The van der Waals surface area contributed by atoms with Gasteiger partial charge >= 0.3 is 5.97 Å². The van der Waals surface area contributed by atoms with Crippen molar-refractivity contribution in [3.8, 4) is 0 Å². The fraction of sp³-hybridized carbons (Fsp3) is 0.818. The van der Waals surface area contributed by atoms with Gasteiger partial charge in [0, 0.05) is 0 Å². The van der Waals surface area contributed by atoms with Gasteiger partial charge in [-0.25, -0.2) is 0 Å². The van der Waals surface area contributed by atoms with Crippen LogP contribution in [0.2, 0.25) is 0 Å². The molecule has 1 rings (SSSR count). The van der Waals surface area contributed by atoms with Crippen LogP contribution in [0.1, 0.15) is 45.4 Å². The first kappa shape index (κ1) is 11.6. The van der Waals surface area contributed by atoms with Gasteiger partial charge in [0.15, 0.2) is 0 Å². The standard InChI is InChI=1S/C11H18O2S/c1-2-3-8-13-11(12)9-4-6-10(14)7-5-9/h9H,2-8H2,1H3. The largest absolute Gasteiger partial charge is 0.465 e. The van der Waals surface area contributed by atoms with Crippen LogP contribution in [0.5, 0.6) is 0 Å². The summed E-state index contributed by atoms with van der Waals surface area (Å²) in [5.41, 5.74) is 0. The summed E-state index contributed by atoms with van der Waals surface area (Å²) < 4.78 is 5.17. The molecule has 0 N–H and O–H groups in total. The second-order valence-corrected chi connectivity index (χ2v) is 4.41. The highest BCUT2D eigenvalue weighted by molar-refractivity contribution is 7.80. The predicted octanol–water partition coefficient (Wildman–Crippen LogP) is 2.89. The van der Waals surface area contributed by atoms with E-state index in [0.29, 0.717) is 6.61 Å². The minimum absolute atomic E-state index is 0.0130. The van der Waals surface area contributed by atoms with E-state index in [1.807, 2.05) is 0 Å². The molecule has 0 spiro atoms. The predicted molar refractivity (Wildman–Crippen MR) is 60.4 cm³/mol. The number of unbranched alkanes of at least 4 members (excludes halogenated alkanes) is 1. The second-order valence-electron chi connectivity index (χ2n) is 3.83. The van der Waals surface area contributed by atoms with Gasteiger partial charge in [0.05, 0.1) is 12.5 Å². The van der Waals surface area contributed by atoms with Crippen LogP contribution in [0.15, 0.2) is 0 Å². The van der Waals surface area contributed by atoms with Crippen molar-refractivity contribution in [3.63, 3.8) is 0 Å². The highest BCUT2D eigenvalue weighted by Gasteiger charge is 2.24. The minimum atomic E-state index is -0.0130. The number of rotatable bonds is 4. The molecule has 80 valence electrons. The molecule has 14 heavy (non-hydrogen) atoms. The quantitative estimate of drug-likeness (QED) is 0.409. The summed E-state index contributed by atoms with van der Waals surface area (Å²) >= 11 is 5.10. The third-order valence-electron chi connectivity index (χ3n) is 2.62. The van der Waals surface area contributed by atoms with E-state index in [4.69, 9.17) is 17.0 Å². The molecule has 0 unspecified atom stereocenters. The van der Waals surface area contributed by atoms with Gasteiger partial charge in [-0.05, 0) is 37.0 Å². The fourth-order valence-corrected chi connectivity index (χ4v) is 1.85. The first-order chi connectivity index (χ1) is 6.74. The van der Waals surface area contributed by atoms with Crippen LogP contribution < -0.4 is 0 Å². The van der Waals surface area contributed by atoms with Gasteiger partial charge in [-0.15, -0.1) is 0 Å². The Kier molecular flexibility index (Phi) is 5.09. The molecular weight excluding hydrogens is 196 g/mol. The summed E-state index contributed by atoms with van der Waals surface area (Å²) in [5.74, 6) is 0.0968. The zero-order chi connectivity index (χ0) is 10.4. The summed E-state index contributed by atoms with van der Waals surface area (Å²) in [6, 6.07) is 0. The summed E-state index contributed by atoms with van der Waals surface area (Å²) in [6.45, 7) is 2.67. The zero-order valence-corrected chi connectivity index (χ0v) is 9.57. The lowest BCUT2D eigenvalue weighted by Gasteiger charge is -2.20. The fourth-order valence-electron chi connectivity index (χ4n) is 1.61. The summed E-state index contributed by atoms with van der Waals surface area (Å²) in [4.78, 5) is 12.6. The van der Waals surface area contributed by atoms with Gasteiger partial charge in [0.25, 0.3) is 0 Å².